The van der Waals surface area contributed by atoms with Crippen molar-refractivity contribution in [1.82, 2.24) is 9.88 Å². The van der Waals surface area contributed by atoms with Crippen LogP contribution < -0.4 is 15.0 Å². The monoisotopic (exact) mass is 462 g/mol. The van der Waals surface area contributed by atoms with E-state index in [1.165, 1.54) is 16.8 Å². The van der Waals surface area contributed by atoms with E-state index >= 15 is 0 Å². The average Bonchev–Trinajstić information content (AvgIpc) is 2.88. The summed E-state index contributed by atoms with van der Waals surface area (Å²) in [5, 5.41) is 2.83. The molecule has 0 unspecified atom stereocenters. The van der Waals surface area contributed by atoms with Gasteiger partial charge >= 0.3 is 0 Å². The summed E-state index contributed by atoms with van der Waals surface area (Å²) in [5.41, 5.74) is 5.32. The van der Waals surface area contributed by atoms with Crippen molar-refractivity contribution in [2.24, 2.45) is 0 Å². The van der Waals surface area contributed by atoms with Crippen molar-refractivity contribution in [3.05, 3.63) is 58.9 Å². The molecule has 2 aromatic rings. The number of hydrogen-bond donors (Lipinski definition) is 1. The topological polar surface area (TPSA) is 66.9 Å². The largest absolute Gasteiger partial charge is 0.501 e. The first-order chi connectivity index (χ1) is 16.7. The number of nitrogens with zero attached hydrogens (tertiary/aromatic N) is 3. The Bertz CT molecular complexity index is 1060. The zero-order valence-electron chi connectivity index (χ0n) is 20.0. The number of fused-ring (bicyclic) bond motifs is 2. The van der Waals surface area contributed by atoms with Crippen molar-refractivity contribution in [2.75, 3.05) is 56.7 Å². The van der Waals surface area contributed by atoms with Crippen LogP contribution in [-0.4, -0.2) is 62.2 Å². The fourth-order valence-corrected chi connectivity index (χ4v) is 5.07. The fraction of sp³-hybridized carbons (Fsp3) is 0.481. The maximum Gasteiger partial charge on any atom is 0.225 e. The van der Waals surface area contributed by atoms with E-state index in [0.29, 0.717) is 24.7 Å². The van der Waals surface area contributed by atoms with Gasteiger partial charge in [-0.25, -0.2) is 0 Å². The van der Waals surface area contributed by atoms with Crippen molar-refractivity contribution >= 4 is 17.4 Å². The number of pyridine rings is 1. The van der Waals surface area contributed by atoms with Gasteiger partial charge in [-0.1, -0.05) is 12.1 Å². The molecule has 1 aliphatic carbocycles. The standard InChI is InChI=1S/C27H34N4O3/c1-33-22-10-7-20-5-4-6-24(23(20)19-22)31-16-14-30(15-17-31)13-2-3-18-34-26-12-9-21-8-11-25(32)28-27(21)29-26/h4-6,9-10,12H,2-3,7-8,11,13-19H2,1H3,(H,28,29,32). The first-order valence-corrected chi connectivity index (χ1v) is 12.4. The summed E-state index contributed by atoms with van der Waals surface area (Å²) in [7, 11) is 1.77. The Balaban J connectivity index is 1.04. The molecule has 0 radical (unpaired) electrons. The number of benzene rings is 1. The van der Waals surface area contributed by atoms with E-state index in [1.807, 2.05) is 12.1 Å². The molecule has 1 N–H and O–H groups in total. The number of carbonyl (C=O) groups is 1. The third-order valence-corrected chi connectivity index (χ3v) is 7.08. The van der Waals surface area contributed by atoms with E-state index in [2.05, 4.69) is 44.4 Å². The number of methoxy groups -OCH3 is 1. The first-order valence-electron chi connectivity index (χ1n) is 12.4. The van der Waals surface area contributed by atoms with Crippen LogP contribution >= 0.6 is 0 Å². The van der Waals surface area contributed by atoms with Gasteiger partial charge in [-0.15, -0.1) is 0 Å². The van der Waals surface area contributed by atoms with E-state index in [1.54, 1.807) is 7.11 Å². The van der Waals surface area contributed by atoms with Crippen LogP contribution in [0.5, 0.6) is 5.88 Å². The number of ether oxygens (including phenoxy) is 2. The third-order valence-electron chi connectivity index (χ3n) is 7.08. The van der Waals surface area contributed by atoms with Gasteiger partial charge in [0.05, 0.1) is 19.5 Å². The van der Waals surface area contributed by atoms with Crippen LogP contribution in [0, 0.1) is 0 Å². The van der Waals surface area contributed by atoms with Crippen LogP contribution in [0.3, 0.4) is 0 Å². The zero-order chi connectivity index (χ0) is 23.3. The van der Waals surface area contributed by atoms with Gasteiger partial charge in [0, 0.05) is 50.8 Å². The second-order valence-corrected chi connectivity index (χ2v) is 9.26. The molecule has 5 rings (SSSR count). The van der Waals surface area contributed by atoms with Gasteiger partial charge in [0.15, 0.2) is 0 Å². The van der Waals surface area contributed by atoms with Crippen LogP contribution in [0.2, 0.25) is 0 Å². The molecule has 1 aromatic carbocycles. The summed E-state index contributed by atoms with van der Waals surface area (Å²) < 4.78 is 11.4. The Morgan fingerprint density at radius 2 is 1.91 bits per heavy atom. The molecule has 0 saturated carbocycles. The zero-order valence-corrected chi connectivity index (χ0v) is 20.0. The van der Waals surface area contributed by atoms with Gasteiger partial charge in [-0.2, -0.15) is 4.98 Å². The number of amides is 1. The summed E-state index contributed by atoms with van der Waals surface area (Å²) in [4.78, 5) is 21.1. The molecule has 7 nitrogen and oxygen atoms in total. The van der Waals surface area contributed by atoms with Gasteiger partial charge in [-0.05, 0) is 67.1 Å². The highest BCUT2D eigenvalue weighted by Gasteiger charge is 2.22. The molecule has 0 spiro atoms. The molecule has 0 atom stereocenters. The number of anilines is 2. The van der Waals surface area contributed by atoms with Crippen LogP contribution in [0.25, 0.3) is 0 Å². The number of aryl methyl sites for hydroxylation is 1. The van der Waals surface area contributed by atoms with Gasteiger partial charge in [0.2, 0.25) is 11.8 Å². The highest BCUT2D eigenvalue weighted by Crippen LogP contribution is 2.31. The summed E-state index contributed by atoms with van der Waals surface area (Å²) in [6.45, 7) is 6.03. The molecule has 1 aromatic heterocycles. The van der Waals surface area contributed by atoms with Crippen molar-refractivity contribution in [3.63, 3.8) is 0 Å². The van der Waals surface area contributed by atoms with Gasteiger partial charge in [0.25, 0.3) is 0 Å². The second kappa shape index (κ2) is 10.5. The number of allylic oxidation sites excluding steroid dienone is 2. The number of piperazine rings is 1. The maximum absolute atomic E-state index is 11.6. The van der Waals surface area contributed by atoms with Crippen LogP contribution in [0.1, 0.15) is 36.0 Å². The summed E-state index contributed by atoms with van der Waals surface area (Å²) in [6.07, 6.45) is 7.43. The number of rotatable bonds is 8. The predicted octanol–water partition coefficient (Wildman–Crippen LogP) is 3.58. The number of aromatic nitrogens is 1. The minimum absolute atomic E-state index is 0.0287. The molecule has 3 aliphatic rings. The van der Waals surface area contributed by atoms with Gasteiger partial charge < -0.3 is 19.7 Å². The van der Waals surface area contributed by atoms with Crippen molar-refractivity contribution in [2.45, 2.75) is 38.5 Å². The first kappa shape index (κ1) is 22.7. The van der Waals surface area contributed by atoms with E-state index in [-0.39, 0.29) is 5.91 Å². The summed E-state index contributed by atoms with van der Waals surface area (Å²) in [5.74, 6) is 2.35. The number of carbonyl (C=O) groups excluding carboxylic acids is 1. The van der Waals surface area contributed by atoms with Crippen LogP contribution in [-0.2, 0) is 28.8 Å². The van der Waals surface area contributed by atoms with Crippen molar-refractivity contribution in [1.29, 1.82) is 0 Å². The Labute approximate surface area is 201 Å². The average molecular weight is 463 g/mol. The van der Waals surface area contributed by atoms with Crippen LogP contribution in [0.15, 0.2) is 42.2 Å². The quantitative estimate of drug-likeness (QED) is 0.605. The van der Waals surface area contributed by atoms with Gasteiger partial charge in [0.1, 0.15) is 5.82 Å². The molecule has 1 saturated heterocycles. The third kappa shape index (κ3) is 5.20. The Morgan fingerprint density at radius 3 is 2.76 bits per heavy atom. The molecular formula is C27H34N4O3. The molecule has 3 heterocycles. The maximum atomic E-state index is 11.6. The minimum atomic E-state index is 0.0287. The van der Waals surface area contributed by atoms with Crippen molar-refractivity contribution < 1.29 is 14.3 Å². The molecule has 2 aliphatic heterocycles. The smallest absolute Gasteiger partial charge is 0.225 e. The second-order valence-electron chi connectivity index (χ2n) is 9.26. The lowest BCUT2D eigenvalue weighted by atomic mass is 9.93. The van der Waals surface area contributed by atoms with E-state index in [0.717, 1.165) is 76.2 Å². The van der Waals surface area contributed by atoms with Crippen LogP contribution in [0.4, 0.5) is 11.5 Å². The lowest BCUT2D eigenvalue weighted by Crippen LogP contribution is -2.47. The number of hydrogen-bond acceptors (Lipinski definition) is 6. The molecular weight excluding hydrogens is 428 g/mol. The summed E-state index contributed by atoms with van der Waals surface area (Å²) in [6, 6.07) is 10.6. The molecule has 7 heteroatoms. The van der Waals surface area contributed by atoms with E-state index < -0.39 is 0 Å². The van der Waals surface area contributed by atoms with Crippen molar-refractivity contribution in [3.8, 4) is 5.88 Å². The SMILES string of the molecule is COC1=CCc2cccc(N3CCN(CCCCOc4ccc5c(n4)NC(=O)CC5)CC3)c2C1. The van der Waals surface area contributed by atoms with E-state index in [4.69, 9.17) is 9.47 Å². The lowest BCUT2D eigenvalue weighted by Gasteiger charge is -2.37. The normalized spacial score (nSPS) is 18.0. The molecule has 1 fully saturated rings. The Kier molecular flexibility index (Phi) is 7.00. The Morgan fingerprint density at radius 1 is 1.03 bits per heavy atom. The Hall–Kier alpha value is -3.06. The molecule has 180 valence electrons. The number of unbranched alkanes of at least 4 members (excludes halogenated alkanes) is 1. The highest BCUT2D eigenvalue weighted by atomic mass is 16.5. The minimum Gasteiger partial charge on any atom is -0.501 e. The van der Waals surface area contributed by atoms with Gasteiger partial charge in [-0.3, -0.25) is 9.69 Å². The molecule has 1 amide bonds. The highest BCUT2D eigenvalue weighted by molar-refractivity contribution is 5.92. The predicted molar refractivity (Wildman–Crippen MR) is 134 cm³/mol. The fourth-order valence-electron chi connectivity index (χ4n) is 5.07. The molecule has 34 heavy (non-hydrogen) atoms. The number of nitrogens with one attached hydrogen (secondary N) is 1. The van der Waals surface area contributed by atoms with E-state index in [9.17, 15) is 4.79 Å². The summed E-state index contributed by atoms with van der Waals surface area (Å²) >= 11 is 0. The lowest BCUT2D eigenvalue weighted by molar-refractivity contribution is -0.116. The molecule has 0 bridgehead atoms.